The molecule has 1 aliphatic rings. The lowest BCUT2D eigenvalue weighted by Gasteiger charge is -2.15. The summed E-state index contributed by atoms with van der Waals surface area (Å²) >= 11 is 3.45. The van der Waals surface area contributed by atoms with Gasteiger partial charge >= 0.3 is 0 Å². The fourth-order valence-electron chi connectivity index (χ4n) is 1.62. The molecule has 1 fully saturated rings. The van der Waals surface area contributed by atoms with Crippen molar-refractivity contribution in [2.75, 3.05) is 25.5 Å². The number of hydrogen-bond acceptors (Lipinski definition) is 1. The van der Waals surface area contributed by atoms with Gasteiger partial charge in [-0.25, -0.2) is 0 Å². The summed E-state index contributed by atoms with van der Waals surface area (Å²) in [6, 6.07) is 0. The molecule has 0 saturated heterocycles. The smallest absolute Gasteiger partial charge is 0.00317 e. The van der Waals surface area contributed by atoms with Gasteiger partial charge in [-0.15, -0.1) is 0 Å². The normalized spacial score (nSPS) is 28.0. The summed E-state index contributed by atoms with van der Waals surface area (Å²) in [5, 5.41) is 1.15. The molecule has 0 N–H and O–H groups in total. The minimum Gasteiger partial charge on any atom is -0.306 e. The third-order valence-electron chi connectivity index (χ3n) is 2.75. The molecule has 0 amide bonds. The maximum absolute atomic E-state index is 3.45. The van der Waals surface area contributed by atoms with E-state index >= 15 is 0 Å². The van der Waals surface area contributed by atoms with Crippen LogP contribution in [-0.2, 0) is 0 Å². The Kier molecular flexibility index (Phi) is 4.59. The number of alkyl halides is 1. The third-order valence-corrected chi connectivity index (χ3v) is 3.31. The Morgan fingerprint density at radius 2 is 2.08 bits per heavy atom. The Morgan fingerprint density at radius 3 is 2.58 bits per heavy atom. The van der Waals surface area contributed by atoms with Crippen LogP contribution in [0.5, 0.6) is 0 Å². The van der Waals surface area contributed by atoms with Crippen molar-refractivity contribution >= 4 is 15.9 Å². The molecule has 0 heterocycles. The van der Waals surface area contributed by atoms with Crippen molar-refractivity contribution in [1.29, 1.82) is 0 Å². The lowest BCUT2D eigenvalue weighted by Crippen LogP contribution is -2.22. The van der Waals surface area contributed by atoms with Crippen molar-refractivity contribution in [2.45, 2.75) is 26.2 Å². The van der Waals surface area contributed by atoms with E-state index < -0.39 is 0 Å². The Bertz CT molecular complexity index is 127. The van der Waals surface area contributed by atoms with Crippen LogP contribution in [0, 0.1) is 11.8 Å². The van der Waals surface area contributed by atoms with Crippen LogP contribution in [0.15, 0.2) is 0 Å². The molecule has 0 aromatic carbocycles. The largest absolute Gasteiger partial charge is 0.306 e. The molecule has 2 atom stereocenters. The van der Waals surface area contributed by atoms with Crippen LogP contribution in [0.4, 0.5) is 0 Å². The van der Waals surface area contributed by atoms with Gasteiger partial charge in [-0.3, -0.25) is 0 Å². The number of nitrogens with zero attached hydrogens (tertiary/aromatic N) is 1. The van der Waals surface area contributed by atoms with Gasteiger partial charge in [0.2, 0.25) is 0 Å². The van der Waals surface area contributed by atoms with Gasteiger partial charge < -0.3 is 4.90 Å². The van der Waals surface area contributed by atoms with Crippen LogP contribution < -0.4 is 0 Å². The summed E-state index contributed by atoms with van der Waals surface area (Å²) < 4.78 is 0. The van der Waals surface area contributed by atoms with Gasteiger partial charge in [0.1, 0.15) is 0 Å². The minimum atomic E-state index is 1.00. The Labute approximate surface area is 84.6 Å². The van der Waals surface area contributed by atoms with E-state index in [4.69, 9.17) is 0 Å². The molecule has 0 aliphatic heterocycles. The molecular formula is C10H20BrN. The first kappa shape index (κ1) is 10.5. The van der Waals surface area contributed by atoms with Crippen LogP contribution in [0.25, 0.3) is 0 Å². The summed E-state index contributed by atoms with van der Waals surface area (Å²) in [5.74, 6) is 2.02. The summed E-state index contributed by atoms with van der Waals surface area (Å²) in [4.78, 5) is 2.48. The van der Waals surface area contributed by atoms with E-state index in [0.717, 1.165) is 17.2 Å². The molecule has 12 heavy (non-hydrogen) atoms. The molecule has 0 radical (unpaired) electrons. The van der Waals surface area contributed by atoms with Crippen molar-refractivity contribution in [3.63, 3.8) is 0 Å². The summed E-state index contributed by atoms with van der Waals surface area (Å²) in [6.45, 7) is 4.95. The predicted molar refractivity (Wildman–Crippen MR) is 57.8 cm³/mol. The van der Waals surface area contributed by atoms with Gasteiger partial charge in [0, 0.05) is 11.9 Å². The fourth-order valence-corrected chi connectivity index (χ4v) is 2.02. The Morgan fingerprint density at radius 1 is 1.42 bits per heavy atom. The molecule has 72 valence electrons. The highest BCUT2D eigenvalue weighted by Crippen LogP contribution is 2.37. The first-order chi connectivity index (χ1) is 5.74. The van der Waals surface area contributed by atoms with E-state index in [0.29, 0.717) is 0 Å². The second-order valence-corrected chi connectivity index (χ2v) is 4.92. The van der Waals surface area contributed by atoms with Crippen molar-refractivity contribution in [3.05, 3.63) is 0 Å². The van der Waals surface area contributed by atoms with Crippen molar-refractivity contribution in [3.8, 4) is 0 Å². The molecule has 0 aromatic rings. The highest BCUT2D eigenvalue weighted by molar-refractivity contribution is 9.09. The molecule has 1 rings (SSSR count). The first-order valence-electron chi connectivity index (χ1n) is 4.98. The molecule has 2 heteroatoms. The lowest BCUT2D eigenvalue weighted by atomic mass is 10.3. The highest BCUT2D eigenvalue weighted by Gasteiger charge is 2.32. The average Bonchev–Trinajstić information content (AvgIpc) is 2.67. The third kappa shape index (κ3) is 3.90. The topological polar surface area (TPSA) is 3.24 Å². The zero-order valence-electron chi connectivity index (χ0n) is 8.22. The number of hydrogen-bond donors (Lipinski definition) is 0. The van der Waals surface area contributed by atoms with Crippen LogP contribution in [0.3, 0.4) is 0 Å². The van der Waals surface area contributed by atoms with Gasteiger partial charge in [0.15, 0.2) is 0 Å². The summed E-state index contributed by atoms with van der Waals surface area (Å²) in [6.07, 6.45) is 4.11. The zero-order valence-corrected chi connectivity index (χ0v) is 9.81. The Hall–Kier alpha value is 0.440. The number of rotatable bonds is 6. The first-order valence-corrected chi connectivity index (χ1v) is 6.10. The SMILES string of the molecule is CC1CC1CN(C)CCCCBr. The van der Waals surface area contributed by atoms with Gasteiger partial charge in [0.05, 0.1) is 0 Å². The van der Waals surface area contributed by atoms with Crippen molar-refractivity contribution in [1.82, 2.24) is 4.90 Å². The number of unbranched alkanes of at least 4 members (excludes halogenated alkanes) is 1. The fraction of sp³-hybridized carbons (Fsp3) is 1.00. The second-order valence-electron chi connectivity index (χ2n) is 4.13. The van der Waals surface area contributed by atoms with Crippen LogP contribution in [-0.4, -0.2) is 30.4 Å². The van der Waals surface area contributed by atoms with E-state index in [2.05, 4.69) is 34.8 Å². The summed E-state index contributed by atoms with van der Waals surface area (Å²) in [5.41, 5.74) is 0. The molecule has 1 nitrogen and oxygen atoms in total. The van der Waals surface area contributed by atoms with Gasteiger partial charge in [-0.2, -0.15) is 0 Å². The minimum absolute atomic E-state index is 1.00. The van der Waals surface area contributed by atoms with Crippen LogP contribution in [0.2, 0.25) is 0 Å². The molecule has 1 aliphatic carbocycles. The predicted octanol–water partition coefficient (Wildman–Crippen LogP) is 2.75. The maximum Gasteiger partial charge on any atom is 0.00317 e. The molecule has 0 spiro atoms. The monoisotopic (exact) mass is 233 g/mol. The van der Waals surface area contributed by atoms with Gasteiger partial charge in [0.25, 0.3) is 0 Å². The lowest BCUT2D eigenvalue weighted by molar-refractivity contribution is 0.310. The number of halogens is 1. The van der Waals surface area contributed by atoms with E-state index in [9.17, 15) is 0 Å². The van der Waals surface area contributed by atoms with Crippen molar-refractivity contribution < 1.29 is 0 Å². The quantitative estimate of drug-likeness (QED) is 0.504. The van der Waals surface area contributed by atoms with Gasteiger partial charge in [-0.05, 0) is 44.7 Å². The van der Waals surface area contributed by atoms with Crippen molar-refractivity contribution in [2.24, 2.45) is 11.8 Å². The van der Waals surface area contributed by atoms with E-state index in [1.807, 2.05) is 0 Å². The van der Waals surface area contributed by atoms with Crippen LogP contribution >= 0.6 is 15.9 Å². The Balaban J connectivity index is 1.93. The van der Waals surface area contributed by atoms with E-state index in [1.165, 1.54) is 32.4 Å². The maximum atomic E-state index is 3.45. The van der Waals surface area contributed by atoms with E-state index in [1.54, 1.807) is 0 Å². The zero-order chi connectivity index (χ0) is 8.97. The van der Waals surface area contributed by atoms with E-state index in [-0.39, 0.29) is 0 Å². The standard InChI is InChI=1S/C10H20BrN/c1-9-7-10(9)8-12(2)6-4-3-5-11/h9-10H,3-8H2,1-2H3. The molecule has 0 bridgehead atoms. The molecule has 0 aromatic heterocycles. The molecule has 2 unspecified atom stereocenters. The molecular weight excluding hydrogens is 214 g/mol. The molecule has 1 saturated carbocycles. The average molecular weight is 234 g/mol. The van der Waals surface area contributed by atoms with Gasteiger partial charge in [-0.1, -0.05) is 22.9 Å². The highest BCUT2D eigenvalue weighted by atomic mass is 79.9. The second kappa shape index (κ2) is 5.23. The summed E-state index contributed by atoms with van der Waals surface area (Å²) in [7, 11) is 2.25. The van der Waals surface area contributed by atoms with Crippen LogP contribution in [0.1, 0.15) is 26.2 Å².